The van der Waals surface area contributed by atoms with Gasteiger partial charge < -0.3 is 9.52 Å². The second-order valence-corrected chi connectivity index (χ2v) is 4.42. The van der Waals surface area contributed by atoms with Gasteiger partial charge in [-0.15, -0.1) is 0 Å². The van der Waals surface area contributed by atoms with Crippen LogP contribution in [0.3, 0.4) is 0 Å². The number of aliphatic hydroxyl groups is 1. The van der Waals surface area contributed by atoms with E-state index in [1.165, 1.54) is 17.3 Å². The molecule has 0 amide bonds. The van der Waals surface area contributed by atoms with Crippen LogP contribution in [-0.2, 0) is 0 Å². The zero-order valence-electron chi connectivity index (χ0n) is 8.56. The van der Waals surface area contributed by atoms with E-state index in [1.54, 1.807) is 0 Å². The van der Waals surface area contributed by atoms with E-state index in [0.29, 0.717) is 5.22 Å². The zero-order chi connectivity index (χ0) is 10.7. The zero-order valence-corrected chi connectivity index (χ0v) is 9.38. The smallest absolute Gasteiger partial charge is 0.256 e. The maximum atomic E-state index is 8.66. The van der Waals surface area contributed by atoms with E-state index < -0.39 is 0 Å². The van der Waals surface area contributed by atoms with Crippen molar-refractivity contribution in [2.75, 3.05) is 12.4 Å². The lowest BCUT2D eigenvalue weighted by Gasteiger charge is -1.91. The molecular weight excluding hydrogens is 210 g/mol. The third kappa shape index (κ3) is 2.52. The molecule has 0 saturated carbocycles. The Morgan fingerprint density at radius 1 is 1.47 bits per heavy atom. The first kappa shape index (κ1) is 10.5. The number of rotatable bonds is 4. The lowest BCUT2D eigenvalue weighted by atomic mass is 10.2. The highest BCUT2D eigenvalue weighted by Crippen LogP contribution is 2.24. The molecule has 80 valence electrons. The minimum Gasteiger partial charge on any atom is -0.431 e. The van der Waals surface area contributed by atoms with Crippen LogP contribution in [0.5, 0.6) is 0 Å². The van der Waals surface area contributed by atoms with E-state index in [9.17, 15) is 0 Å². The topological polar surface area (TPSA) is 46.3 Å². The van der Waals surface area contributed by atoms with Gasteiger partial charge in [-0.2, -0.15) is 0 Å². The molecular formula is C11H13NO2S. The highest BCUT2D eigenvalue weighted by Gasteiger charge is 2.05. The van der Waals surface area contributed by atoms with E-state index in [2.05, 4.69) is 4.98 Å². The summed E-state index contributed by atoms with van der Waals surface area (Å²) in [6, 6.07) is 5.96. The lowest BCUT2D eigenvalue weighted by Crippen LogP contribution is -1.84. The number of benzene rings is 1. The molecule has 0 saturated heterocycles. The van der Waals surface area contributed by atoms with Crippen molar-refractivity contribution in [1.82, 2.24) is 4.98 Å². The molecule has 0 unspecified atom stereocenters. The van der Waals surface area contributed by atoms with Crippen molar-refractivity contribution in [2.24, 2.45) is 0 Å². The predicted molar refractivity (Wildman–Crippen MR) is 61.2 cm³/mol. The average molecular weight is 223 g/mol. The Morgan fingerprint density at radius 3 is 3.13 bits per heavy atom. The Bertz CT molecular complexity index is 453. The van der Waals surface area contributed by atoms with Gasteiger partial charge in [0.05, 0.1) is 0 Å². The molecule has 4 heteroatoms. The van der Waals surface area contributed by atoms with Crippen molar-refractivity contribution in [3.8, 4) is 0 Å². The van der Waals surface area contributed by atoms with Crippen LogP contribution < -0.4 is 0 Å². The molecule has 0 aliphatic rings. The summed E-state index contributed by atoms with van der Waals surface area (Å²) >= 11 is 1.54. The predicted octanol–water partition coefficient (Wildman–Crippen LogP) is 2.61. The Labute approximate surface area is 92.5 Å². The van der Waals surface area contributed by atoms with Gasteiger partial charge in [-0.05, 0) is 31.0 Å². The minimum atomic E-state index is 0.215. The molecule has 0 atom stereocenters. The quantitative estimate of drug-likeness (QED) is 0.639. The molecule has 0 aliphatic heterocycles. The van der Waals surface area contributed by atoms with Gasteiger partial charge in [0, 0.05) is 12.4 Å². The first-order valence-electron chi connectivity index (χ1n) is 4.90. The maximum Gasteiger partial charge on any atom is 0.256 e. The van der Waals surface area contributed by atoms with Crippen LogP contribution in [0.2, 0.25) is 0 Å². The van der Waals surface area contributed by atoms with Crippen LogP contribution >= 0.6 is 11.8 Å². The van der Waals surface area contributed by atoms with Crippen molar-refractivity contribution in [2.45, 2.75) is 18.6 Å². The highest BCUT2D eigenvalue weighted by atomic mass is 32.2. The summed E-state index contributed by atoms with van der Waals surface area (Å²) in [7, 11) is 0. The number of aliphatic hydroxyl groups excluding tert-OH is 1. The van der Waals surface area contributed by atoms with E-state index >= 15 is 0 Å². The highest BCUT2D eigenvalue weighted by molar-refractivity contribution is 7.99. The third-order valence-electron chi connectivity index (χ3n) is 2.05. The monoisotopic (exact) mass is 223 g/mol. The number of aryl methyl sites for hydroxylation is 1. The summed E-state index contributed by atoms with van der Waals surface area (Å²) < 4.78 is 5.54. The van der Waals surface area contributed by atoms with Crippen molar-refractivity contribution in [1.29, 1.82) is 0 Å². The van der Waals surface area contributed by atoms with E-state index in [0.717, 1.165) is 23.3 Å². The number of hydrogen-bond acceptors (Lipinski definition) is 4. The summed E-state index contributed by atoms with van der Waals surface area (Å²) in [5.74, 6) is 0.836. The van der Waals surface area contributed by atoms with Crippen molar-refractivity contribution in [3.05, 3.63) is 23.8 Å². The number of nitrogens with zero attached hydrogens (tertiary/aromatic N) is 1. The minimum absolute atomic E-state index is 0.215. The number of hydrogen-bond donors (Lipinski definition) is 1. The average Bonchev–Trinajstić information content (AvgIpc) is 2.60. The lowest BCUT2D eigenvalue weighted by molar-refractivity contribution is 0.296. The van der Waals surface area contributed by atoms with Gasteiger partial charge in [0.25, 0.3) is 5.22 Å². The molecule has 2 aromatic rings. The molecule has 15 heavy (non-hydrogen) atoms. The molecule has 1 heterocycles. The summed E-state index contributed by atoms with van der Waals surface area (Å²) in [6.45, 7) is 2.25. The molecule has 1 N–H and O–H groups in total. The Morgan fingerprint density at radius 2 is 2.33 bits per heavy atom. The fourth-order valence-electron chi connectivity index (χ4n) is 1.30. The standard InChI is InChI=1S/C11H13NO2S/c1-8-3-4-10-9(7-8)12-11(14-10)15-6-2-5-13/h3-4,7,13H,2,5-6H2,1H3. The van der Waals surface area contributed by atoms with E-state index in [-0.39, 0.29) is 6.61 Å². The van der Waals surface area contributed by atoms with Crippen LogP contribution in [0, 0.1) is 6.92 Å². The van der Waals surface area contributed by atoms with Crippen LogP contribution in [0.4, 0.5) is 0 Å². The van der Waals surface area contributed by atoms with Gasteiger partial charge in [0.15, 0.2) is 5.58 Å². The summed E-state index contributed by atoms with van der Waals surface area (Å²) in [5.41, 5.74) is 2.91. The van der Waals surface area contributed by atoms with Gasteiger partial charge >= 0.3 is 0 Å². The fraction of sp³-hybridized carbons (Fsp3) is 0.364. The summed E-state index contributed by atoms with van der Waals surface area (Å²) in [4.78, 5) is 4.36. The maximum absolute atomic E-state index is 8.66. The second kappa shape index (κ2) is 4.68. The molecule has 0 radical (unpaired) electrons. The number of thioether (sulfide) groups is 1. The molecule has 3 nitrogen and oxygen atoms in total. The van der Waals surface area contributed by atoms with Gasteiger partial charge in [0.2, 0.25) is 0 Å². The Kier molecular flexibility index (Phi) is 3.28. The SMILES string of the molecule is Cc1ccc2oc(SCCCO)nc2c1. The van der Waals surface area contributed by atoms with Crippen molar-refractivity contribution >= 4 is 22.9 Å². The Balaban J connectivity index is 2.16. The molecule has 1 aromatic heterocycles. The molecule has 0 spiro atoms. The van der Waals surface area contributed by atoms with Gasteiger partial charge in [-0.3, -0.25) is 0 Å². The van der Waals surface area contributed by atoms with Crippen molar-refractivity contribution < 1.29 is 9.52 Å². The van der Waals surface area contributed by atoms with Gasteiger partial charge in [0.1, 0.15) is 5.52 Å². The third-order valence-corrected chi connectivity index (χ3v) is 2.97. The first-order valence-corrected chi connectivity index (χ1v) is 5.89. The van der Waals surface area contributed by atoms with E-state index in [4.69, 9.17) is 9.52 Å². The number of fused-ring (bicyclic) bond motifs is 1. The molecule has 0 fully saturated rings. The van der Waals surface area contributed by atoms with Crippen LogP contribution in [0.25, 0.3) is 11.1 Å². The van der Waals surface area contributed by atoms with Gasteiger partial charge in [-0.1, -0.05) is 17.8 Å². The molecule has 1 aromatic carbocycles. The van der Waals surface area contributed by atoms with Crippen LogP contribution in [0.1, 0.15) is 12.0 Å². The summed E-state index contributed by atoms with van der Waals surface area (Å²) in [5, 5.41) is 9.34. The van der Waals surface area contributed by atoms with Crippen LogP contribution in [-0.4, -0.2) is 22.5 Å². The molecule has 0 bridgehead atoms. The normalized spacial score (nSPS) is 11.1. The fourth-order valence-corrected chi connectivity index (χ4v) is 2.06. The number of aromatic nitrogens is 1. The Hall–Kier alpha value is -1.00. The molecule has 0 aliphatic carbocycles. The second-order valence-electron chi connectivity index (χ2n) is 3.38. The van der Waals surface area contributed by atoms with Crippen molar-refractivity contribution in [3.63, 3.8) is 0 Å². The summed E-state index contributed by atoms with van der Waals surface area (Å²) in [6.07, 6.45) is 0.766. The molecule has 2 rings (SSSR count). The first-order chi connectivity index (χ1) is 7.29. The van der Waals surface area contributed by atoms with Crippen LogP contribution in [0.15, 0.2) is 27.8 Å². The van der Waals surface area contributed by atoms with Gasteiger partial charge in [-0.25, -0.2) is 4.98 Å². The largest absolute Gasteiger partial charge is 0.431 e. The van der Waals surface area contributed by atoms with E-state index in [1.807, 2.05) is 25.1 Å². The number of oxazole rings is 1.